The van der Waals surface area contributed by atoms with Gasteiger partial charge in [0.15, 0.2) is 0 Å². The molecular formula is C20H23N5O. The zero-order chi connectivity index (χ0) is 17.9. The summed E-state index contributed by atoms with van der Waals surface area (Å²) < 4.78 is 3.76. The fourth-order valence-corrected chi connectivity index (χ4v) is 3.60. The van der Waals surface area contributed by atoms with Crippen LogP contribution >= 0.6 is 0 Å². The fourth-order valence-electron chi connectivity index (χ4n) is 3.60. The summed E-state index contributed by atoms with van der Waals surface area (Å²) in [5.74, 6) is 0.197. The van der Waals surface area contributed by atoms with Crippen LogP contribution in [-0.4, -0.2) is 43.0 Å². The van der Waals surface area contributed by atoms with Crippen molar-refractivity contribution in [3.63, 3.8) is 0 Å². The standard InChI is InChI=1S/C20H23N5O/c1-16-13-22-23(14-16)15-19-4-2-10-24(19)20(26)12-17-5-7-18(8-6-17)25-11-3-9-21-25/h3,5-9,11,13-14,19H,2,4,10,12,15H2,1H3/t19-/m1/s1. The van der Waals surface area contributed by atoms with Gasteiger partial charge in [0.05, 0.1) is 30.9 Å². The number of carbonyl (C=O) groups is 1. The summed E-state index contributed by atoms with van der Waals surface area (Å²) >= 11 is 0. The molecule has 0 bridgehead atoms. The Labute approximate surface area is 153 Å². The first kappa shape index (κ1) is 16.6. The molecule has 0 aliphatic carbocycles. The van der Waals surface area contributed by atoms with Gasteiger partial charge in [0, 0.05) is 25.1 Å². The van der Waals surface area contributed by atoms with Gasteiger partial charge in [0.25, 0.3) is 0 Å². The van der Waals surface area contributed by atoms with Gasteiger partial charge in [-0.25, -0.2) is 4.68 Å². The molecule has 1 fully saturated rings. The molecule has 1 aliphatic rings. The van der Waals surface area contributed by atoms with Crippen LogP contribution in [0.5, 0.6) is 0 Å². The van der Waals surface area contributed by atoms with Gasteiger partial charge in [-0.3, -0.25) is 9.48 Å². The van der Waals surface area contributed by atoms with Gasteiger partial charge in [0.2, 0.25) is 5.91 Å². The maximum absolute atomic E-state index is 12.8. The molecular weight excluding hydrogens is 326 g/mol. The first-order chi connectivity index (χ1) is 12.7. The molecule has 1 amide bonds. The Morgan fingerprint density at radius 2 is 2.08 bits per heavy atom. The monoisotopic (exact) mass is 349 g/mol. The lowest BCUT2D eigenvalue weighted by Crippen LogP contribution is -2.39. The summed E-state index contributed by atoms with van der Waals surface area (Å²) in [4.78, 5) is 14.8. The van der Waals surface area contributed by atoms with Crippen LogP contribution in [0.15, 0.2) is 55.1 Å². The minimum atomic E-state index is 0.197. The van der Waals surface area contributed by atoms with E-state index < -0.39 is 0 Å². The predicted octanol–water partition coefficient (Wildman–Crippen LogP) is 2.61. The van der Waals surface area contributed by atoms with Crippen LogP contribution in [0, 0.1) is 6.92 Å². The third-order valence-electron chi connectivity index (χ3n) is 4.92. The largest absolute Gasteiger partial charge is 0.338 e. The first-order valence-corrected chi connectivity index (χ1v) is 9.06. The minimum Gasteiger partial charge on any atom is -0.338 e. The van der Waals surface area contributed by atoms with E-state index in [4.69, 9.17) is 0 Å². The smallest absolute Gasteiger partial charge is 0.227 e. The van der Waals surface area contributed by atoms with Crippen LogP contribution in [-0.2, 0) is 17.8 Å². The maximum atomic E-state index is 12.8. The van der Waals surface area contributed by atoms with Gasteiger partial charge >= 0.3 is 0 Å². The van der Waals surface area contributed by atoms with Gasteiger partial charge in [0.1, 0.15) is 0 Å². The molecule has 4 rings (SSSR count). The second-order valence-corrected chi connectivity index (χ2v) is 6.92. The quantitative estimate of drug-likeness (QED) is 0.711. The van der Waals surface area contributed by atoms with Crippen molar-refractivity contribution < 1.29 is 4.79 Å². The third kappa shape index (κ3) is 3.54. The summed E-state index contributed by atoms with van der Waals surface area (Å²) in [6.07, 6.45) is 10.1. The van der Waals surface area contributed by atoms with Crippen molar-refractivity contribution in [1.82, 2.24) is 24.5 Å². The Morgan fingerprint density at radius 3 is 2.77 bits per heavy atom. The Hall–Kier alpha value is -2.89. The number of aryl methyl sites for hydroxylation is 1. The highest BCUT2D eigenvalue weighted by atomic mass is 16.2. The highest BCUT2D eigenvalue weighted by Gasteiger charge is 2.29. The molecule has 0 unspecified atom stereocenters. The average molecular weight is 349 g/mol. The van der Waals surface area contributed by atoms with E-state index in [-0.39, 0.29) is 11.9 Å². The Kier molecular flexibility index (Phi) is 4.56. The lowest BCUT2D eigenvalue weighted by atomic mass is 10.1. The Morgan fingerprint density at radius 1 is 1.23 bits per heavy atom. The molecule has 3 heterocycles. The highest BCUT2D eigenvalue weighted by Crippen LogP contribution is 2.20. The van der Waals surface area contributed by atoms with Crippen molar-refractivity contribution in [1.29, 1.82) is 0 Å². The van der Waals surface area contributed by atoms with Crippen LogP contribution in [0.2, 0.25) is 0 Å². The molecule has 1 atom stereocenters. The molecule has 134 valence electrons. The molecule has 0 radical (unpaired) electrons. The van der Waals surface area contributed by atoms with E-state index in [1.807, 2.05) is 70.1 Å². The summed E-state index contributed by atoms with van der Waals surface area (Å²) in [5.41, 5.74) is 3.18. The number of benzene rings is 1. The first-order valence-electron chi connectivity index (χ1n) is 9.06. The normalized spacial score (nSPS) is 17.0. The summed E-state index contributed by atoms with van der Waals surface area (Å²) in [5, 5.41) is 8.59. The topological polar surface area (TPSA) is 56.0 Å². The number of aromatic nitrogens is 4. The van der Waals surface area contributed by atoms with Crippen molar-refractivity contribution >= 4 is 5.91 Å². The molecule has 0 spiro atoms. The number of carbonyl (C=O) groups excluding carboxylic acids is 1. The van der Waals surface area contributed by atoms with Gasteiger partial charge < -0.3 is 4.90 Å². The van der Waals surface area contributed by atoms with Crippen molar-refractivity contribution in [3.05, 3.63) is 66.2 Å². The van der Waals surface area contributed by atoms with E-state index in [9.17, 15) is 4.79 Å². The van der Waals surface area contributed by atoms with Crippen molar-refractivity contribution in [2.24, 2.45) is 0 Å². The Balaban J connectivity index is 1.40. The molecule has 1 aromatic carbocycles. The van der Waals surface area contributed by atoms with Gasteiger partial charge in [-0.2, -0.15) is 10.2 Å². The number of rotatable bonds is 5. The van der Waals surface area contributed by atoms with Crippen molar-refractivity contribution in [2.75, 3.05) is 6.54 Å². The second-order valence-electron chi connectivity index (χ2n) is 6.92. The van der Waals surface area contributed by atoms with Crippen LogP contribution in [0.4, 0.5) is 0 Å². The van der Waals surface area contributed by atoms with E-state index >= 15 is 0 Å². The van der Waals surface area contributed by atoms with Crippen molar-refractivity contribution in [2.45, 2.75) is 38.8 Å². The summed E-state index contributed by atoms with van der Waals surface area (Å²) in [6.45, 7) is 3.65. The third-order valence-corrected chi connectivity index (χ3v) is 4.92. The molecule has 1 aliphatic heterocycles. The van der Waals surface area contributed by atoms with Crippen LogP contribution in [0.3, 0.4) is 0 Å². The molecule has 1 saturated heterocycles. The Bertz CT molecular complexity index is 866. The number of amides is 1. The second kappa shape index (κ2) is 7.15. The zero-order valence-electron chi connectivity index (χ0n) is 15.0. The van der Waals surface area contributed by atoms with E-state index in [1.165, 1.54) is 0 Å². The van der Waals surface area contributed by atoms with E-state index in [2.05, 4.69) is 10.2 Å². The van der Waals surface area contributed by atoms with Crippen LogP contribution in [0.1, 0.15) is 24.0 Å². The van der Waals surface area contributed by atoms with Gasteiger partial charge in [-0.1, -0.05) is 12.1 Å². The van der Waals surface area contributed by atoms with Gasteiger partial charge in [-0.05, 0) is 49.1 Å². The number of hydrogen-bond donors (Lipinski definition) is 0. The molecule has 0 N–H and O–H groups in total. The SMILES string of the molecule is Cc1cnn(C[C@H]2CCCN2C(=O)Cc2ccc(-n3cccn3)cc2)c1. The molecule has 26 heavy (non-hydrogen) atoms. The molecule has 2 aromatic heterocycles. The fraction of sp³-hybridized carbons (Fsp3) is 0.350. The maximum Gasteiger partial charge on any atom is 0.227 e. The van der Waals surface area contributed by atoms with Crippen molar-refractivity contribution in [3.8, 4) is 5.69 Å². The number of hydrogen-bond acceptors (Lipinski definition) is 3. The predicted molar refractivity (Wildman–Crippen MR) is 99.0 cm³/mol. The van der Waals surface area contributed by atoms with E-state index in [0.717, 1.165) is 42.7 Å². The van der Waals surface area contributed by atoms with E-state index in [0.29, 0.717) is 6.42 Å². The molecule has 6 nitrogen and oxygen atoms in total. The minimum absolute atomic E-state index is 0.197. The lowest BCUT2D eigenvalue weighted by Gasteiger charge is -2.25. The zero-order valence-corrected chi connectivity index (χ0v) is 15.0. The highest BCUT2D eigenvalue weighted by molar-refractivity contribution is 5.79. The molecule has 6 heteroatoms. The summed E-state index contributed by atoms with van der Waals surface area (Å²) in [6, 6.07) is 10.2. The van der Waals surface area contributed by atoms with Crippen LogP contribution < -0.4 is 0 Å². The number of likely N-dealkylation sites (tertiary alicyclic amines) is 1. The van der Waals surface area contributed by atoms with Crippen LogP contribution in [0.25, 0.3) is 5.69 Å². The van der Waals surface area contributed by atoms with Gasteiger partial charge in [-0.15, -0.1) is 0 Å². The molecule has 3 aromatic rings. The van der Waals surface area contributed by atoms with E-state index in [1.54, 1.807) is 6.20 Å². The number of nitrogens with zero attached hydrogens (tertiary/aromatic N) is 5. The summed E-state index contributed by atoms with van der Waals surface area (Å²) in [7, 11) is 0. The molecule has 0 saturated carbocycles. The average Bonchev–Trinajstić information content (AvgIpc) is 3.38. The lowest BCUT2D eigenvalue weighted by molar-refractivity contribution is -0.131.